The van der Waals surface area contributed by atoms with Crippen LogP contribution in [0.2, 0.25) is 5.15 Å². The molecule has 7 heteroatoms. The van der Waals surface area contributed by atoms with Crippen LogP contribution in [0.3, 0.4) is 0 Å². The Hall–Kier alpha value is -1.40. The number of anilines is 1. The first-order chi connectivity index (χ1) is 9.11. The van der Waals surface area contributed by atoms with Gasteiger partial charge in [0.15, 0.2) is 16.7 Å². The summed E-state index contributed by atoms with van der Waals surface area (Å²) in [5.74, 6) is 0.455. The number of methoxy groups -OCH3 is 1. The lowest BCUT2D eigenvalue weighted by Gasteiger charge is -2.11. The van der Waals surface area contributed by atoms with Crippen LogP contribution in [0.25, 0.3) is 0 Å². The van der Waals surface area contributed by atoms with Gasteiger partial charge in [-0.05, 0) is 18.2 Å². The first-order valence-electron chi connectivity index (χ1n) is 5.34. The number of nitrogens with one attached hydrogen (secondary N) is 1. The summed E-state index contributed by atoms with van der Waals surface area (Å²) in [4.78, 5) is 7.82. The standard InChI is InChI=1S/C12H10BrClFN3O/c1-19-10-11(14)17-6-18-12(10)16-5-7-4-8(13)2-3-9(7)15/h2-4,6H,5H2,1H3,(H,16,17,18). The minimum Gasteiger partial charge on any atom is -0.490 e. The second-order valence-corrected chi connectivity index (χ2v) is 4.91. The molecule has 1 aromatic heterocycles. The minimum absolute atomic E-state index is 0.203. The van der Waals surface area contributed by atoms with Crippen LogP contribution in [0, 0.1) is 5.82 Å². The fourth-order valence-electron chi connectivity index (χ4n) is 1.52. The summed E-state index contributed by atoms with van der Waals surface area (Å²) in [7, 11) is 1.47. The van der Waals surface area contributed by atoms with Gasteiger partial charge in [-0.2, -0.15) is 0 Å². The molecule has 0 fully saturated rings. The van der Waals surface area contributed by atoms with Crippen LogP contribution in [0.15, 0.2) is 29.0 Å². The molecule has 0 aliphatic rings. The molecular formula is C12H10BrClFN3O. The van der Waals surface area contributed by atoms with E-state index in [0.717, 1.165) is 4.47 Å². The Morgan fingerprint density at radius 1 is 1.42 bits per heavy atom. The lowest BCUT2D eigenvalue weighted by Crippen LogP contribution is -2.06. The molecule has 19 heavy (non-hydrogen) atoms. The van der Waals surface area contributed by atoms with E-state index in [-0.39, 0.29) is 17.5 Å². The maximum atomic E-state index is 13.6. The van der Waals surface area contributed by atoms with Crippen molar-refractivity contribution in [2.24, 2.45) is 0 Å². The predicted octanol–water partition coefficient (Wildman–Crippen LogP) is 3.65. The molecule has 0 atom stereocenters. The van der Waals surface area contributed by atoms with Gasteiger partial charge in [0.1, 0.15) is 12.1 Å². The lowest BCUT2D eigenvalue weighted by molar-refractivity contribution is 0.413. The molecule has 0 saturated heterocycles. The van der Waals surface area contributed by atoms with Crippen LogP contribution in [-0.4, -0.2) is 17.1 Å². The Morgan fingerprint density at radius 2 is 2.21 bits per heavy atom. The molecule has 0 spiro atoms. The second kappa shape index (κ2) is 6.16. The van der Waals surface area contributed by atoms with Crippen molar-refractivity contribution in [3.05, 3.63) is 45.5 Å². The first-order valence-corrected chi connectivity index (χ1v) is 6.51. The molecule has 0 amide bonds. The third kappa shape index (κ3) is 3.33. The largest absolute Gasteiger partial charge is 0.490 e. The van der Waals surface area contributed by atoms with Gasteiger partial charge in [0.2, 0.25) is 0 Å². The maximum Gasteiger partial charge on any atom is 0.198 e. The van der Waals surface area contributed by atoms with E-state index in [1.54, 1.807) is 12.1 Å². The highest BCUT2D eigenvalue weighted by molar-refractivity contribution is 9.10. The van der Waals surface area contributed by atoms with Crippen LogP contribution >= 0.6 is 27.5 Å². The molecule has 2 aromatic rings. The maximum absolute atomic E-state index is 13.6. The van der Waals surface area contributed by atoms with Crippen molar-refractivity contribution in [2.45, 2.75) is 6.54 Å². The van der Waals surface area contributed by atoms with Gasteiger partial charge < -0.3 is 10.1 Å². The topological polar surface area (TPSA) is 47.0 Å². The van der Waals surface area contributed by atoms with Gasteiger partial charge in [0.25, 0.3) is 0 Å². The van der Waals surface area contributed by atoms with Crippen LogP contribution in [-0.2, 0) is 6.54 Å². The average molecular weight is 347 g/mol. The molecule has 0 aliphatic heterocycles. The van der Waals surface area contributed by atoms with Crippen molar-refractivity contribution in [1.29, 1.82) is 0 Å². The van der Waals surface area contributed by atoms with Gasteiger partial charge in [0.05, 0.1) is 7.11 Å². The fraction of sp³-hybridized carbons (Fsp3) is 0.167. The molecule has 0 radical (unpaired) electrons. The monoisotopic (exact) mass is 345 g/mol. The average Bonchev–Trinajstić information content (AvgIpc) is 2.40. The summed E-state index contributed by atoms with van der Waals surface area (Å²) in [6.45, 7) is 0.259. The molecule has 1 heterocycles. The highest BCUT2D eigenvalue weighted by Gasteiger charge is 2.11. The van der Waals surface area contributed by atoms with Crippen molar-refractivity contribution in [3.63, 3.8) is 0 Å². The number of halogens is 3. The van der Waals surface area contributed by atoms with E-state index in [1.165, 1.54) is 19.5 Å². The molecule has 0 unspecified atom stereocenters. The Balaban J connectivity index is 2.19. The number of ether oxygens (including phenoxy) is 1. The van der Waals surface area contributed by atoms with Crippen molar-refractivity contribution in [2.75, 3.05) is 12.4 Å². The fourth-order valence-corrected chi connectivity index (χ4v) is 2.14. The van der Waals surface area contributed by atoms with Crippen LogP contribution < -0.4 is 10.1 Å². The minimum atomic E-state index is -0.296. The zero-order chi connectivity index (χ0) is 13.8. The van der Waals surface area contributed by atoms with Gasteiger partial charge in [0, 0.05) is 16.6 Å². The van der Waals surface area contributed by atoms with Gasteiger partial charge >= 0.3 is 0 Å². The summed E-state index contributed by atoms with van der Waals surface area (Å²) in [5.41, 5.74) is 0.506. The normalized spacial score (nSPS) is 10.3. The third-order valence-corrected chi connectivity index (χ3v) is 3.18. The van der Waals surface area contributed by atoms with Crippen molar-refractivity contribution in [3.8, 4) is 5.75 Å². The third-order valence-electron chi connectivity index (χ3n) is 2.42. The van der Waals surface area contributed by atoms with E-state index >= 15 is 0 Å². The van der Waals surface area contributed by atoms with E-state index in [0.29, 0.717) is 17.1 Å². The molecule has 0 saturated carbocycles. The zero-order valence-corrected chi connectivity index (χ0v) is 12.3. The number of aromatic nitrogens is 2. The highest BCUT2D eigenvalue weighted by Crippen LogP contribution is 2.28. The predicted molar refractivity (Wildman–Crippen MR) is 75.0 cm³/mol. The van der Waals surface area contributed by atoms with Gasteiger partial charge in [-0.15, -0.1) is 0 Å². The van der Waals surface area contributed by atoms with Crippen molar-refractivity contribution in [1.82, 2.24) is 9.97 Å². The molecule has 2 rings (SSSR count). The Morgan fingerprint density at radius 3 is 2.95 bits per heavy atom. The second-order valence-electron chi connectivity index (χ2n) is 3.64. The van der Waals surface area contributed by atoms with E-state index in [9.17, 15) is 4.39 Å². The molecule has 4 nitrogen and oxygen atoms in total. The van der Waals surface area contributed by atoms with Crippen LogP contribution in [0.1, 0.15) is 5.56 Å². The Labute approximate surface area is 123 Å². The lowest BCUT2D eigenvalue weighted by atomic mass is 10.2. The summed E-state index contributed by atoms with van der Waals surface area (Å²) in [5, 5.41) is 3.17. The molecule has 1 N–H and O–H groups in total. The zero-order valence-electron chi connectivity index (χ0n) is 9.95. The van der Waals surface area contributed by atoms with Gasteiger partial charge in [-0.25, -0.2) is 14.4 Å². The number of rotatable bonds is 4. The van der Waals surface area contributed by atoms with E-state index < -0.39 is 0 Å². The number of benzene rings is 1. The van der Waals surface area contributed by atoms with Crippen LogP contribution in [0.4, 0.5) is 10.2 Å². The molecule has 1 aromatic carbocycles. The van der Waals surface area contributed by atoms with E-state index in [4.69, 9.17) is 16.3 Å². The summed E-state index contributed by atoms with van der Waals surface area (Å²) < 4.78 is 19.5. The number of hydrogen-bond donors (Lipinski definition) is 1. The number of nitrogens with zero attached hydrogens (tertiary/aromatic N) is 2. The van der Waals surface area contributed by atoms with Gasteiger partial charge in [-0.1, -0.05) is 27.5 Å². The molecule has 100 valence electrons. The summed E-state index contributed by atoms with van der Waals surface area (Å²) in [6.07, 6.45) is 1.31. The highest BCUT2D eigenvalue weighted by atomic mass is 79.9. The quantitative estimate of drug-likeness (QED) is 0.859. The summed E-state index contributed by atoms with van der Waals surface area (Å²) in [6, 6.07) is 4.73. The van der Waals surface area contributed by atoms with E-state index in [2.05, 4.69) is 31.2 Å². The first kappa shape index (κ1) is 14.0. The smallest absolute Gasteiger partial charge is 0.198 e. The SMILES string of the molecule is COc1c(Cl)ncnc1NCc1cc(Br)ccc1F. The number of hydrogen-bond acceptors (Lipinski definition) is 4. The van der Waals surface area contributed by atoms with Crippen molar-refractivity contribution < 1.29 is 9.13 Å². The summed E-state index contributed by atoms with van der Waals surface area (Å²) >= 11 is 9.17. The van der Waals surface area contributed by atoms with Crippen molar-refractivity contribution >= 4 is 33.3 Å². The molecule has 0 aliphatic carbocycles. The Bertz CT molecular complexity index is 597. The molecule has 0 bridgehead atoms. The van der Waals surface area contributed by atoms with Gasteiger partial charge in [-0.3, -0.25) is 0 Å². The Kier molecular flexibility index (Phi) is 4.55. The van der Waals surface area contributed by atoms with Crippen LogP contribution in [0.5, 0.6) is 5.75 Å². The van der Waals surface area contributed by atoms with E-state index in [1.807, 2.05) is 0 Å². The molecular weight excluding hydrogens is 337 g/mol.